The molecule has 2 aromatic rings. The topological polar surface area (TPSA) is 33.2 Å². The maximum atomic E-state index is 12.2. The molecule has 0 aliphatic carbocycles. The van der Waals surface area contributed by atoms with E-state index >= 15 is 0 Å². The third-order valence-electron chi connectivity index (χ3n) is 2.75. The molecule has 1 heterocycles. The summed E-state index contributed by atoms with van der Waals surface area (Å²) in [4.78, 5) is 18.2. The molecule has 2 rings (SSSR count). The van der Waals surface area contributed by atoms with Crippen molar-refractivity contribution in [2.45, 2.75) is 18.8 Å². The van der Waals surface area contributed by atoms with Gasteiger partial charge >= 0.3 is 0 Å². The van der Waals surface area contributed by atoms with Gasteiger partial charge in [0.05, 0.1) is 17.2 Å². The van der Waals surface area contributed by atoms with Crippen LogP contribution < -0.4 is 0 Å². The highest BCUT2D eigenvalue weighted by molar-refractivity contribution is 7.09. The van der Waals surface area contributed by atoms with E-state index < -0.39 is 5.38 Å². The molecule has 5 heteroatoms. The van der Waals surface area contributed by atoms with Crippen LogP contribution in [0.25, 0.3) is 0 Å². The smallest absolute Gasteiger partial charge is 0.245 e. The third kappa shape index (κ3) is 3.55. The second-order valence-corrected chi connectivity index (χ2v) is 5.82. The minimum absolute atomic E-state index is 0.112. The molecule has 1 atom stereocenters. The van der Waals surface area contributed by atoms with Crippen LogP contribution in [-0.4, -0.2) is 22.8 Å². The number of aryl methyl sites for hydroxylation is 1. The van der Waals surface area contributed by atoms with Crippen LogP contribution in [0.3, 0.4) is 0 Å². The Hall–Kier alpha value is -1.39. The summed E-state index contributed by atoms with van der Waals surface area (Å²) in [6.45, 7) is 2.43. The highest BCUT2D eigenvalue weighted by atomic mass is 35.5. The fourth-order valence-electron chi connectivity index (χ4n) is 1.76. The van der Waals surface area contributed by atoms with E-state index in [1.807, 2.05) is 42.6 Å². The fourth-order valence-corrected chi connectivity index (χ4v) is 2.68. The molecular weight excluding hydrogens is 280 g/mol. The van der Waals surface area contributed by atoms with Crippen molar-refractivity contribution in [3.63, 3.8) is 0 Å². The predicted molar refractivity (Wildman–Crippen MR) is 78.4 cm³/mol. The average Bonchev–Trinajstić information content (AvgIpc) is 2.83. The highest BCUT2D eigenvalue weighted by Crippen LogP contribution is 2.23. The van der Waals surface area contributed by atoms with E-state index in [2.05, 4.69) is 4.98 Å². The van der Waals surface area contributed by atoms with Gasteiger partial charge in [0.15, 0.2) is 0 Å². The number of rotatable bonds is 4. The summed E-state index contributed by atoms with van der Waals surface area (Å²) in [6.07, 6.45) is 0. The highest BCUT2D eigenvalue weighted by Gasteiger charge is 2.21. The molecule has 0 saturated carbocycles. The monoisotopic (exact) mass is 294 g/mol. The number of aromatic nitrogens is 1. The molecular formula is C14H15ClN2OS. The zero-order valence-electron chi connectivity index (χ0n) is 10.8. The largest absolute Gasteiger partial charge is 0.338 e. The fraction of sp³-hybridized carbons (Fsp3) is 0.286. The number of thiazole rings is 1. The standard InChI is InChI=1S/C14H15ClN2OS/c1-10-16-12(9-19-10)8-17(2)14(18)13(15)11-6-4-3-5-7-11/h3-7,9,13H,8H2,1-2H3. The number of benzene rings is 1. The second kappa shape index (κ2) is 6.17. The summed E-state index contributed by atoms with van der Waals surface area (Å²) in [5.74, 6) is -0.112. The summed E-state index contributed by atoms with van der Waals surface area (Å²) in [7, 11) is 1.75. The van der Waals surface area contributed by atoms with E-state index in [0.717, 1.165) is 16.3 Å². The van der Waals surface area contributed by atoms with Crippen LogP contribution in [0, 0.1) is 6.92 Å². The van der Waals surface area contributed by atoms with Crippen molar-refractivity contribution < 1.29 is 4.79 Å². The number of hydrogen-bond acceptors (Lipinski definition) is 3. The molecule has 0 spiro atoms. The first kappa shape index (κ1) is 14.0. The minimum Gasteiger partial charge on any atom is -0.338 e. The van der Waals surface area contributed by atoms with Crippen molar-refractivity contribution in [3.05, 3.63) is 52.0 Å². The summed E-state index contributed by atoms with van der Waals surface area (Å²) in [5, 5.41) is 2.32. The number of carbonyl (C=O) groups excluding carboxylic acids is 1. The summed E-state index contributed by atoms with van der Waals surface area (Å²) < 4.78 is 0. The molecule has 3 nitrogen and oxygen atoms in total. The minimum atomic E-state index is -0.647. The van der Waals surface area contributed by atoms with Gasteiger partial charge in [0.1, 0.15) is 5.38 Å². The van der Waals surface area contributed by atoms with Gasteiger partial charge in [0.25, 0.3) is 0 Å². The van der Waals surface area contributed by atoms with Crippen molar-refractivity contribution >= 4 is 28.8 Å². The van der Waals surface area contributed by atoms with Gasteiger partial charge in [-0.2, -0.15) is 0 Å². The zero-order valence-corrected chi connectivity index (χ0v) is 12.4. The molecule has 1 aromatic carbocycles. The first-order valence-corrected chi connectivity index (χ1v) is 7.24. The van der Waals surface area contributed by atoms with Gasteiger partial charge in [-0.3, -0.25) is 4.79 Å². The Morgan fingerprint density at radius 3 is 2.68 bits per heavy atom. The van der Waals surface area contributed by atoms with E-state index in [1.54, 1.807) is 23.3 Å². The Balaban J connectivity index is 2.03. The number of hydrogen-bond donors (Lipinski definition) is 0. The average molecular weight is 295 g/mol. The lowest BCUT2D eigenvalue weighted by atomic mass is 10.1. The van der Waals surface area contributed by atoms with Crippen molar-refractivity contribution in [2.75, 3.05) is 7.05 Å². The second-order valence-electron chi connectivity index (χ2n) is 4.33. The van der Waals surface area contributed by atoms with Crippen LogP contribution in [0.5, 0.6) is 0 Å². The van der Waals surface area contributed by atoms with Crippen molar-refractivity contribution in [1.82, 2.24) is 9.88 Å². The van der Waals surface area contributed by atoms with E-state index in [9.17, 15) is 4.79 Å². The molecule has 19 heavy (non-hydrogen) atoms. The molecule has 100 valence electrons. The van der Waals surface area contributed by atoms with Gasteiger partial charge in [-0.15, -0.1) is 22.9 Å². The van der Waals surface area contributed by atoms with E-state index in [-0.39, 0.29) is 5.91 Å². The Bertz CT molecular complexity index is 556. The summed E-state index contributed by atoms with van der Waals surface area (Å²) >= 11 is 7.79. The van der Waals surface area contributed by atoms with Crippen molar-refractivity contribution in [3.8, 4) is 0 Å². The molecule has 0 radical (unpaired) electrons. The Labute approximate surface area is 121 Å². The number of nitrogens with zero attached hydrogens (tertiary/aromatic N) is 2. The van der Waals surface area contributed by atoms with Gasteiger partial charge < -0.3 is 4.90 Å². The van der Waals surface area contributed by atoms with Gasteiger partial charge in [-0.1, -0.05) is 30.3 Å². The van der Waals surface area contributed by atoms with Crippen LogP contribution in [-0.2, 0) is 11.3 Å². The molecule has 1 aromatic heterocycles. The molecule has 1 unspecified atom stereocenters. The number of carbonyl (C=O) groups is 1. The molecule has 0 aliphatic heterocycles. The van der Waals surface area contributed by atoms with E-state index in [1.165, 1.54) is 0 Å². The maximum Gasteiger partial charge on any atom is 0.245 e. The molecule has 0 fully saturated rings. The Kier molecular flexibility index (Phi) is 4.56. The maximum absolute atomic E-state index is 12.2. The summed E-state index contributed by atoms with van der Waals surface area (Å²) in [6, 6.07) is 9.37. The van der Waals surface area contributed by atoms with Gasteiger partial charge in [0, 0.05) is 12.4 Å². The lowest BCUT2D eigenvalue weighted by molar-refractivity contribution is -0.130. The van der Waals surface area contributed by atoms with E-state index in [4.69, 9.17) is 11.6 Å². The Morgan fingerprint density at radius 1 is 1.42 bits per heavy atom. The third-order valence-corrected chi connectivity index (χ3v) is 4.01. The van der Waals surface area contributed by atoms with Gasteiger partial charge in [0.2, 0.25) is 5.91 Å². The molecule has 0 saturated heterocycles. The van der Waals surface area contributed by atoms with E-state index in [0.29, 0.717) is 6.54 Å². The van der Waals surface area contributed by atoms with Gasteiger partial charge in [-0.25, -0.2) is 4.98 Å². The molecule has 0 bridgehead atoms. The molecule has 1 amide bonds. The van der Waals surface area contributed by atoms with Crippen LogP contribution in [0.2, 0.25) is 0 Å². The molecule has 0 N–H and O–H groups in total. The SMILES string of the molecule is Cc1nc(CN(C)C(=O)C(Cl)c2ccccc2)cs1. The van der Waals surface area contributed by atoms with Crippen molar-refractivity contribution in [2.24, 2.45) is 0 Å². The van der Waals surface area contributed by atoms with Gasteiger partial charge in [-0.05, 0) is 12.5 Å². The lowest BCUT2D eigenvalue weighted by Crippen LogP contribution is -2.29. The van der Waals surface area contributed by atoms with Crippen LogP contribution >= 0.6 is 22.9 Å². The Morgan fingerprint density at radius 2 is 2.11 bits per heavy atom. The number of amides is 1. The normalized spacial score (nSPS) is 12.2. The van der Waals surface area contributed by atoms with Crippen LogP contribution in [0.4, 0.5) is 0 Å². The zero-order chi connectivity index (χ0) is 13.8. The molecule has 0 aliphatic rings. The van der Waals surface area contributed by atoms with Crippen molar-refractivity contribution in [1.29, 1.82) is 0 Å². The quantitative estimate of drug-likeness (QED) is 0.810. The number of likely N-dealkylation sites (N-methyl/N-ethyl adjacent to an activating group) is 1. The van der Waals surface area contributed by atoms with Crippen LogP contribution in [0.15, 0.2) is 35.7 Å². The number of halogens is 1. The van der Waals surface area contributed by atoms with Crippen LogP contribution in [0.1, 0.15) is 21.6 Å². The summed E-state index contributed by atoms with van der Waals surface area (Å²) in [5.41, 5.74) is 1.71. The number of alkyl halides is 1. The predicted octanol–water partition coefficient (Wildman–Crippen LogP) is 3.39. The lowest BCUT2D eigenvalue weighted by Gasteiger charge is -2.19. The first-order valence-electron chi connectivity index (χ1n) is 5.93. The first-order chi connectivity index (χ1) is 9.08.